The van der Waals surface area contributed by atoms with E-state index in [1.165, 1.54) is 0 Å². The first-order valence-electron chi connectivity index (χ1n) is 6.44. The fourth-order valence-electron chi connectivity index (χ4n) is 3.01. The molecular weight excluding hydrogens is 228 g/mol. The minimum absolute atomic E-state index is 0.662. The fourth-order valence-corrected chi connectivity index (χ4v) is 3.01. The third-order valence-electron chi connectivity index (χ3n) is 3.97. The average Bonchev–Trinajstić information content (AvgIpc) is 2.78. The fraction of sp³-hybridized carbons (Fsp3) is 0.533. The van der Waals surface area contributed by atoms with Gasteiger partial charge in [0.25, 0.3) is 0 Å². The van der Waals surface area contributed by atoms with E-state index in [-0.39, 0.29) is 0 Å². The summed E-state index contributed by atoms with van der Waals surface area (Å²) in [5.74, 6) is -0.767. The van der Waals surface area contributed by atoms with Gasteiger partial charge in [0.1, 0.15) is 0 Å². The quantitative estimate of drug-likeness (QED) is 0.864. The number of hydrogen-bond donors (Lipinski definition) is 2. The predicted octanol–water partition coefficient (Wildman–Crippen LogP) is 2.81. The van der Waals surface area contributed by atoms with Gasteiger partial charge in [0.15, 0.2) is 0 Å². The number of carboxylic acids is 1. The smallest absolute Gasteiger partial charge is 0.314 e. The van der Waals surface area contributed by atoms with Gasteiger partial charge in [-0.3, -0.25) is 4.79 Å². The lowest BCUT2D eigenvalue weighted by Gasteiger charge is -2.31. The van der Waals surface area contributed by atoms with Crippen LogP contribution in [0.2, 0.25) is 0 Å². The number of hydrogen-bond acceptors (Lipinski definition) is 2. The predicted molar refractivity (Wildman–Crippen MR) is 69.5 cm³/mol. The van der Waals surface area contributed by atoms with Gasteiger partial charge in [-0.25, -0.2) is 0 Å². The van der Waals surface area contributed by atoms with Crippen molar-refractivity contribution in [3.05, 3.63) is 35.4 Å². The first-order valence-corrected chi connectivity index (χ1v) is 6.44. The van der Waals surface area contributed by atoms with Crippen LogP contribution in [-0.4, -0.2) is 16.2 Å². The molecule has 0 atom stereocenters. The minimum atomic E-state index is -1.01. The summed E-state index contributed by atoms with van der Waals surface area (Å²) in [6.07, 6.45) is 3.20. The lowest BCUT2D eigenvalue weighted by molar-refractivity contribution is -0.143. The van der Waals surface area contributed by atoms with Gasteiger partial charge < -0.3 is 10.2 Å². The molecule has 3 heteroatoms. The van der Waals surface area contributed by atoms with Crippen LogP contribution in [0.25, 0.3) is 0 Å². The second-order valence-electron chi connectivity index (χ2n) is 5.70. The minimum Gasteiger partial charge on any atom is -0.481 e. The number of aliphatic hydroxyl groups is 1. The van der Waals surface area contributed by atoms with Crippen LogP contribution < -0.4 is 0 Å². The maximum absolute atomic E-state index is 11.7. The summed E-state index contributed by atoms with van der Waals surface area (Å²) in [6, 6.07) is 7.39. The standard InChI is InChI=1S/C15H20O3/c1-14(2,18)11-7-3-4-8-12(11)15(13(16)17)9-5-6-10-15/h3-4,7-8,18H,5-6,9-10H2,1-2H3,(H,16,17). The number of rotatable bonds is 3. The molecule has 0 saturated heterocycles. The van der Waals surface area contributed by atoms with Crippen LogP contribution in [0.1, 0.15) is 50.7 Å². The van der Waals surface area contributed by atoms with E-state index in [4.69, 9.17) is 0 Å². The molecule has 1 aliphatic rings. The van der Waals surface area contributed by atoms with Crippen LogP contribution in [0.4, 0.5) is 0 Å². The van der Waals surface area contributed by atoms with Crippen LogP contribution >= 0.6 is 0 Å². The Labute approximate surface area is 107 Å². The van der Waals surface area contributed by atoms with Gasteiger partial charge in [0, 0.05) is 0 Å². The van der Waals surface area contributed by atoms with Gasteiger partial charge in [0.2, 0.25) is 0 Å². The third-order valence-corrected chi connectivity index (χ3v) is 3.97. The second-order valence-corrected chi connectivity index (χ2v) is 5.70. The van der Waals surface area contributed by atoms with E-state index in [0.717, 1.165) is 24.0 Å². The van der Waals surface area contributed by atoms with Crippen molar-refractivity contribution in [1.29, 1.82) is 0 Å². The van der Waals surface area contributed by atoms with Crippen molar-refractivity contribution < 1.29 is 15.0 Å². The molecule has 0 aromatic heterocycles. The Morgan fingerprint density at radius 1 is 1.22 bits per heavy atom. The monoisotopic (exact) mass is 248 g/mol. The highest BCUT2D eigenvalue weighted by molar-refractivity contribution is 5.82. The number of benzene rings is 1. The van der Waals surface area contributed by atoms with Crippen molar-refractivity contribution in [3.63, 3.8) is 0 Å². The van der Waals surface area contributed by atoms with Gasteiger partial charge >= 0.3 is 5.97 Å². The first-order chi connectivity index (χ1) is 8.38. The largest absolute Gasteiger partial charge is 0.481 e. The summed E-state index contributed by atoms with van der Waals surface area (Å²) >= 11 is 0. The zero-order chi connectivity index (χ0) is 13.4. The molecule has 1 fully saturated rings. The highest BCUT2D eigenvalue weighted by Crippen LogP contribution is 2.44. The van der Waals surface area contributed by atoms with Crippen LogP contribution in [0.15, 0.2) is 24.3 Å². The van der Waals surface area contributed by atoms with Crippen molar-refractivity contribution in [1.82, 2.24) is 0 Å². The molecule has 2 rings (SSSR count). The maximum Gasteiger partial charge on any atom is 0.314 e. The molecule has 0 spiro atoms. The van der Waals surface area contributed by atoms with Crippen molar-refractivity contribution in [2.24, 2.45) is 0 Å². The summed E-state index contributed by atoms with van der Waals surface area (Å²) in [5.41, 5.74) is -0.310. The highest BCUT2D eigenvalue weighted by atomic mass is 16.4. The number of carboxylic acid groups (broad SMARTS) is 1. The molecule has 0 heterocycles. The van der Waals surface area contributed by atoms with E-state index in [0.29, 0.717) is 12.8 Å². The van der Waals surface area contributed by atoms with Crippen LogP contribution in [0, 0.1) is 0 Å². The zero-order valence-corrected chi connectivity index (χ0v) is 10.9. The van der Waals surface area contributed by atoms with E-state index < -0.39 is 17.0 Å². The topological polar surface area (TPSA) is 57.5 Å². The van der Waals surface area contributed by atoms with Gasteiger partial charge in [-0.1, -0.05) is 37.1 Å². The summed E-state index contributed by atoms with van der Waals surface area (Å²) in [7, 11) is 0. The van der Waals surface area contributed by atoms with E-state index in [1.807, 2.05) is 24.3 Å². The molecule has 1 saturated carbocycles. The summed E-state index contributed by atoms with van der Waals surface area (Å²) < 4.78 is 0. The van der Waals surface area contributed by atoms with Gasteiger partial charge in [-0.15, -0.1) is 0 Å². The van der Waals surface area contributed by atoms with Gasteiger partial charge in [-0.05, 0) is 37.8 Å². The Morgan fingerprint density at radius 2 is 1.78 bits per heavy atom. The molecule has 0 aliphatic heterocycles. The number of aliphatic carboxylic acids is 1. The average molecular weight is 248 g/mol. The highest BCUT2D eigenvalue weighted by Gasteiger charge is 2.45. The third kappa shape index (κ3) is 2.03. The number of carbonyl (C=O) groups is 1. The van der Waals surface area contributed by atoms with Crippen molar-refractivity contribution >= 4 is 5.97 Å². The van der Waals surface area contributed by atoms with Gasteiger partial charge in [0.05, 0.1) is 11.0 Å². The molecule has 98 valence electrons. The van der Waals surface area contributed by atoms with Crippen molar-refractivity contribution in [2.45, 2.75) is 50.5 Å². The maximum atomic E-state index is 11.7. The van der Waals surface area contributed by atoms with E-state index in [9.17, 15) is 15.0 Å². The molecule has 0 bridgehead atoms. The molecule has 1 aromatic carbocycles. The molecule has 18 heavy (non-hydrogen) atoms. The molecule has 1 aliphatic carbocycles. The molecule has 3 nitrogen and oxygen atoms in total. The Bertz CT molecular complexity index is 451. The Morgan fingerprint density at radius 3 is 2.28 bits per heavy atom. The molecular formula is C15H20O3. The molecule has 0 unspecified atom stereocenters. The zero-order valence-electron chi connectivity index (χ0n) is 10.9. The summed E-state index contributed by atoms with van der Waals surface area (Å²) in [6.45, 7) is 3.41. The normalized spacial score (nSPS) is 18.8. The Balaban J connectivity index is 2.59. The van der Waals surface area contributed by atoms with E-state index >= 15 is 0 Å². The lowest BCUT2D eigenvalue weighted by Crippen LogP contribution is -2.35. The van der Waals surface area contributed by atoms with Crippen molar-refractivity contribution in [2.75, 3.05) is 0 Å². The van der Waals surface area contributed by atoms with Crippen molar-refractivity contribution in [3.8, 4) is 0 Å². The van der Waals surface area contributed by atoms with E-state index in [2.05, 4.69) is 0 Å². The molecule has 0 amide bonds. The van der Waals surface area contributed by atoms with Gasteiger partial charge in [-0.2, -0.15) is 0 Å². The van der Waals surface area contributed by atoms with E-state index in [1.54, 1.807) is 13.8 Å². The SMILES string of the molecule is CC(C)(O)c1ccccc1C1(C(=O)O)CCCC1. The van der Waals surface area contributed by atoms with Crippen LogP contribution in [0.5, 0.6) is 0 Å². The summed E-state index contributed by atoms with van der Waals surface area (Å²) in [5, 5.41) is 19.9. The Hall–Kier alpha value is -1.35. The second kappa shape index (κ2) is 4.39. The molecule has 2 N–H and O–H groups in total. The van der Waals surface area contributed by atoms with Crippen LogP contribution in [-0.2, 0) is 15.8 Å². The molecule has 1 aromatic rings. The first kappa shape index (κ1) is 13.1. The Kier molecular flexibility index (Phi) is 3.20. The lowest BCUT2D eigenvalue weighted by atomic mass is 9.74. The van der Waals surface area contributed by atoms with Crippen LogP contribution in [0.3, 0.4) is 0 Å². The molecule has 0 radical (unpaired) electrons. The summed E-state index contributed by atoms with van der Waals surface area (Å²) in [4.78, 5) is 11.7.